The Bertz CT molecular complexity index is 84.1. The van der Waals surface area contributed by atoms with Gasteiger partial charge < -0.3 is 5.11 Å². The van der Waals surface area contributed by atoms with Gasteiger partial charge in [-0.25, -0.2) is 4.79 Å². The lowest BCUT2D eigenvalue weighted by Crippen LogP contribution is -1.84. The number of hydrogen-bond donors (Lipinski definition) is 1. The minimum absolute atomic E-state index is 0.534. The molecule has 0 aliphatic carbocycles. The van der Waals surface area contributed by atoms with E-state index in [0.29, 0.717) is 6.42 Å². The lowest BCUT2D eigenvalue weighted by Gasteiger charge is -1.73. The van der Waals surface area contributed by atoms with Crippen molar-refractivity contribution < 1.29 is 9.90 Å². The molecule has 0 spiro atoms. The van der Waals surface area contributed by atoms with Crippen LogP contribution in [-0.2, 0) is 4.79 Å². The summed E-state index contributed by atoms with van der Waals surface area (Å²) < 4.78 is 0. The van der Waals surface area contributed by atoms with Gasteiger partial charge in [0.2, 0.25) is 0 Å². The van der Waals surface area contributed by atoms with Crippen molar-refractivity contribution in [1.82, 2.24) is 0 Å². The molecular formula is C5H7O2. The van der Waals surface area contributed by atoms with Crippen molar-refractivity contribution in [2.75, 3.05) is 0 Å². The molecule has 1 N–H and O–H groups in total. The van der Waals surface area contributed by atoms with Gasteiger partial charge in [0.05, 0.1) is 0 Å². The molecule has 0 aliphatic rings. The molecule has 0 saturated heterocycles. The highest BCUT2D eigenvalue weighted by molar-refractivity contribution is 5.79. The first kappa shape index (κ1) is 6.21. The summed E-state index contributed by atoms with van der Waals surface area (Å²) in [5.74, 6) is -0.913. The van der Waals surface area contributed by atoms with Gasteiger partial charge in [0, 0.05) is 6.08 Å². The van der Waals surface area contributed by atoms with Gasteiger partial charge in [0.1, 0.15) is 0 Å². The number of hydrogen-bond acceptors (Lipinski definition) is 1. The molecule has 0 fully saturated rings. The van der Waals surface area contributed by atoms with Gasteiger partial charge in [0.25, 0.3) is 0 Å². The molecule has 0 atom stereocenters. The predicted octanol–water partition coefficient (Wildman–Crippen LogP) is 0.851. The quantitative estimate of drug-likeness (QED) is 0.521. The van der Waals surface area contributed by atoms with Crippen molar-refractivity contribution in [3.05, 3.63) is 19.1 Å². The fourth-order valence-corrected chi connectivity index (χ4v) is 0.184. The van der Waals surface area contributed by atoms with Crippen molar-refractivity contribution in [3.63, 3.8) is 0 Å². The third-order valence-corrected chi connectivity index (χ3v) is 0.427. The summed E-state index contributed by atoms with van der Waals surface area (Å²) in [6, 6.07) is 0. The lowest BCUT2D eigenvalue weighted by atomic mass is 10.4. The van der Waals surface area contributed by atoms with Crippen LogP contribution < -0.4 is 0 Å². The van der Waals surface area contributed by atoms with Gasteiger partial charge >= 0.3 is 5.97 Å². The highest BCUT2D eigenvalue weighted by atomic mass is 16.4. The Morgan fingerprint density at radius 1 is 1.86 bits per heavy atom. The predicted molar refractivity (Wildman–Crippen MR) is 26.7 cm³/mol. The molecule has 0 bridgehead atoms. The van der Waals surface area contributed by atoms with Crippen molar-refractivity contribution in [2.24, 2.45) is 0 Å². The highest BCUT2D eigenvalue weighted by Gasteiger charge is 1.79. The molecule has 0 aromatic rings. The first-order valence-electron chi connectivity index (χ1n) is 1.96. The molecule has 0 saturated carbocycles. The molecule has 0 amide bonds. The molecule has 0 aliphatic heterocycles. The fourth-order valence-electron chi connectivity index (χ4n) is 0.184. The zero-order chi connectivity index (χ0) is 5.70. The summed E-state index contributed by atoms with van der Waals surface area (Å²) in [5.41, 5.74) is 0. The average molecular weight is 99.1 g/mol. The number of carbonyl (C=O) groups is 1. The second-order valence-electron chi connectivity index (χ2n) is 1.03. The fraction of sp³-hybridized carbons (Fsp3) is 0.200. The third-order valence-electron chi connectivity index (χ3n) is 0.427. The molecular weight excluding hydrogens is 92.1 g/mol. The Morgan fingerprint density at radius 3 is 2.57 bits per heavy atom. The Hall–Kier alpha value is -0.790. The van der Waals surface area contributed by atoms with Crippen LogP contribution in [0.4, 0.5) is 0 Å². The van der Waals surface area contributed by atoms with Crippen LogP contribution in [-0.4, -0.2) is 11.1 Å². The van der Waals surface area contributed by atoms with Gasteiger partial charge in [-0.15, -0.1) is 0 Å². The topological polar surface area (TPSA) is 37.3 Å². The molecule has 0 heterocycles. The van der Waals surface area contributed by atoms with E-state index in [1.165, 1.54) is 6.08 Å². The minimum atomic E-state index is -0.913. The third kappa shape index (κ3) is 5.21. The van der Waals surface area contributed by atoms with E-state index >= 15 is 0 Å². The van der Waals surface area contributed by atoms with Gasteiger partial charge in [0.15, 0.2) is 0 Å². The Kier molecular flexibility index (Phi) is 3.02. The zero-order valence-electron chi connectivity index (χ0n) is 3.92. The van der Waals surface area contributed by atoms with E-state index in [0.717, 1.165) is 6.08 Å². The van der Waals surface area contributed by atoms with Crippen molar-refractivity contribution in [1.29, 1.82) is 0 Å². The summed E-state index contributed by atoms with van der Waals surface area (Å²) in [6.45, 7) is 3.41. The summed E-state index contributed by atoms with van der Waals surface area (Å²) >= 11 is 0. The van der Waals surface area contributed by atoms with Crippen LogP contribution in [0.3, 0.4) is 0 Å². The molecule has 39 valence electrons. The largest absolute Gasteiger partial charge is 0.478 e. The first-order valence-corrected chi connectivity index (χ1v) is 1.96. The maximum Gasteiger partial charge on any atom is 0.327 e. The van der Waals surface area contributed by atoms with Crippen LogP contribution in [0.15, 0.2) is 12.2 Å². The van der Waals surface area contributed by atoms with E-state index in [9.17, 15) is 4.79 Å². The summed E-state index contributed by atoms with van der Waals surface area (Å²) in [5, 5.41) is 7.93. The summed E-state index contributed by atoms with van der Waals surface area (Å²) in [6.07, 6.45) is 3.10. The molecule has 0 aromatic heterocycles. The number of allylic oxidation sites excluding steroid dienone is 1. The number of rotatable bonds is 2. The monoisotopic (exact) mass is 99.0 g/mol. The Balaban J connectivity index is 3.26. The van der Waals surface area contributed by atoms with Crippen LogP contribution in [0.1, 0.15) is 6.42 Å². The summed E-state index contributed by atoms with van der Waals surface area (Å²) in [7, 11) is 0. The zero-order valence-corrected chi connectivity index (χ0v) is 3.92. The normalized spacial score (nSPS) is 9.86. The smallest absolute Gasteiger partial charge is 0.327 e. The van der Waals surface area contributed by atoms with Gasteiger partial charge in [-0.1, -0.05) is 6.08 Å². The SMILES string of the molecule is [CH2]CC=CC(=O)O. The van der Waals surface area contributed by atoms with Crippen molar-refractivity contribution in [3.8, 4) is 0 Å². The van der Waals surface area contributed by atoms with Crippen LogP contribution in [0.5, 0.6) is 0 Å². The standard InChI is InChI=1S/C5H7O2/c1-2-3-4-5(6)7/h3-4H,1-2H2,(H,6,7). The van der Waals surface area contributed by atoms with E-state index < -0.39 is 5.97 Å². The van der Waals surface area contributed by atoms with Crippen molar-refractivity contribution >= 4 is 5.97 Å². The van der Waals surface area contributed by atoms with Gasteiger partial charge in [-0.2, -0.15) is 0 Å². The number of carboxylic acids is 1. The van der Waals surface area contributed by atoms with E-state index in [1.54, 1.807) is 0 Å². The first-order chi connectivity index (χ1) is 3.27. The minimum Gasteiger partial charge on any atom is -0.478 e. The molecule has 0 rings (SSSR count). The van der Waals surface area contributed by atoms with Gasteiger partial charge in [-0.3, -0.25) is 0 Å². The number of carboxylic acid groups (broad SMARTS) is 1. The average Bonchev–Trinajstić information content (AvgIpc) is 1.61. The van der Waals surface area contributed by atoms with E-state index in [4.69, 9.17) is 5.11 Å². The van der Waals surface area contributed by atoms with Gasteiger partial charge in [-0.05, 0) is 13.3 Å². The Labute approximate surface area is 42.5 Å². The van der Waals surface area contributed by atoms with Crippen LogP contribution in [0, 0.1) is 6.92 Å². The maximum absolute atomic E-state index is 9.64. The molecule has 0 unspecified atom stereocenters. The number of aliphatic carboxylic acids is 1. The second kappa shape index (κ2) is 3.40. The van der Waals surface area contributed by atoms with E-state index in [-0.39, 0.29) is 0 Å². The van der Waals surface area contributed by atoms with E-state index in [1.807, 2.05) is 0 Å². The molecule has 0 aromatic carbocycles. The summed E-state index contributed by atoms with van der Waals surface area (Å²) in [4.78, 5) is 9.64. The highest BCUT2D eigenvalue weighted by Crippen LogP contribution is 1.76. The van der Waals surface area contributed by atoms with Crippen LogP contribution >= 0.6 is 0 Å². The molecule has 2 nitrogen and oxygen atoms in total. The second-order valence-corrected chi connectivity index (χ2v) is 1.03. The molecule has 7 heavy (non-hydrogen) atoms. The van der Waals surface area contributed by atoms with Crippen LogP contribution in [0.2, 0.25) is 0 Å². The maximum atomic E-state index is 9.64. The molecule has 1 radical (unpaired) electrons. The van der Waals surface area contributed by atoms with E-state index in [2.05, 4.69) is 6.92 Å². The van der Waals surface area contributed by atoms with Crippen LogP contribution in [0.25, 0.3) is 0 Å². The molecule has 2 heteroatoms. The Morgan fingerprint density at radius 2 is 2.43 bits per heavy atom. The lowest BCUT2D eigenvalue weighted by molar-refractivity contribution is -0.131. The van der Waals surface area contributed by atoms with Crippen molar-refractivity contribution in [2.45, 2.75) is 6.42 Å².